The van der Waals surface area contributed by atoms with Crippen molar-refractivity contribution in [1.82, 2.24) is 9.78 Å². The number of amides is 1. The van der Waals surface area contributed by atoms with Crippen molar-refractivity contribution in [3.63, 3.8) is 0 Å². The monoisotopic (exact) mass is 368 g/mol. The van der Waals surface area contributed by atoms with Gasteiger partial charge in [-0.3, -0.25) is 9.48 Å². The van der Waals surface area contributed by atoms with E-state index in [1.807, 2.05) is 23.7 Å². The van der Waals surface area contributed by atoms with Crippen molar-refractivity contribution in [3.05, 3.63) is 41.2 Å². The Morgan fingerprint density at radius 2 is 1.78 bits per heavy atom. The molecule has 1 N–H and O–H groups in total. The summed E-state index contributed by atoms with van der Waals surface area (Å²) in [5.41, 5.74) is 5.18. The first kappa shape index (κ1) is 19.5. The summed E-state index contributed by atoms with van der Waals surface area (Å²) in [7, 11) is 0. The van der Waals surface area contributed by atoms with Crippen LogP contribution >= 0.6 is 0 Å². The Morgan fingerprint density at radius 1 is 1.11 bits per heavy atom. The van der Waals surface area contributed by atoms with Gasteiger partial charge in [-0.2, -0.15) is 5.10 Å². The number of nitrogens with one attached hydrogen (secondary N) is 1. The summed E-state index contributed by atoms with van der Waals surface area (Å²) in [5.74, 6) is 0.541. The predicted molar refractivity (Wildman–Crippen MR) is 111 cm³/mol. The molecular formula is C22H32N4O. The first-order valence-corrected chi connectivity index (χ1v) is 10.1. The number of aromatic nitrogens is 2. The summed E-state index contributed by atoms with van der Waals surface area (Å²) in [5, 5.41) is 7.64. The maximum atomic E-state index is 12.5. The quantitative estimate of drug-likeness (QED) is 0.826. The van der Waals surface area contributed by atoms with Crippen LogP contribution in [0.5, 0.6) is 0 Å². The zero-order valence-corrected chi connectivity index (χ0v) is 17.1. The van der Waals surface area contributed by atoms with E-state index < -0.39 is 0 Å². The molecule has 1 amide bonds. The normalized spacial score (nSPS) is 14.6. The van der Waals surface area contributed by atoms with Crippen LogP contribution in [-0.4, -0.2) is 28.8 Å². The molecule has 2 heterocycles. The first-order chi connectivity index (χ1) is 12.9. The van der Waals surface area contributed by atoms with Crippen molar-refractivity contribution >= 4 is 17.3 Å². The minimum Gasteiger partial charge on any atom is -0.372 e. The van der Waals surface area contributed by atoms with Crippen LogP contribution in [0.3, 0.4) is 0 Å². The van der Waals surface area contributed by atoms with Gasteiger partial charge in [0.2, 0.25) is 5.91 Å². The number of aryl methyl sites for hydroxylation is 1. The Hall–Kier alpha value is -2.30. The molecule has 0 unspecified atom stereocenters. The Morgan fingerprint density at radius 3 is 2.41 bits per heavy atom. The molecule has 2 aromatic rings. The summed E-state index contributed by atoms with van der Waals surface area (Å²) in [6.45, 7) is 11.5. The fourth-order valence-corrected chi connectivity index (χ4v) is 3.79. The van der Waals surface area contributed by atoms with Gasteiger partial charge >= 0.3 is 0 Å². The van der Waals surface area contributed by atoms with Gasteiger partial charge in [0.1, 0.15) is 0 Å². The lowest BCUT2D eigenvalue weighted by atomic mass is 10.1. The maximum absolute atomic E-state index is 12.5. The highest BCUT2D eigenvalue weighted by molar-refractivity contribution is 5.92. The van der Waals surface area contributed by atoms with Crippen molar-refractivity contribution < 1.29 is 4.79 Å². The zero-order chi connectivity index (χ0) is 19.4. The predicted octanol–water partition coefficient (Wildman–Crippen LogP) is 4.33. The van der Waals surface area contributed by atoms with Crippen LogP contribution in [0.25, 0.3) is 0 Å². The van der Waals surface area contributed by atoms with E-state index in [0.29, 0.717) is 12.3 Å². The lowest BCUT2D eigenvalue weighted by molar-refractivity contribution is -0.115. The van der Waals surface area contributed by atoms with E-state index in [4.69, 9.17) is 0 Å². The van der Waals surface area contributed by atoms with Gasteiger partial charge in [-0.05, 0) is 63.3 Å². The van der Waals surface area contributed by atoms with Crippen LogP contribution in [0.2, 0.25) is 0 Å². The molecule has 1 aromatic heterocycles. The number of carbonyl (C=O) groups excluding carboxylic acids is 1. The van der Waals surface area contributed by atoms with Gasteiger partial charge in [-0.25, -0.2) is 0 Å². The van der Waals surface area contributed by atoms with E-state index in [1.54, 1.807) is 0 Å². The van der Waals surface area contributed by atoms with Gasteiger partial charge in [-0.15, -0.1) is 0 Å². The summed E-state index contributed by atoms with van der Waals surface area (Å²) in [4.78, 5) is 15.0. The second-order valence-electron chi connectivity index (χ2n) is 8.04. The second kappa shape index (κ2) is 8.59. The molecule has 1 aliphatic rings. The van der Waals surface area contributed by atoms with Crippen LogP contribution in [0.15, 0.2) is 24.3 Å². The zero-order valence-electron chi connectivity index (χ0n) is 17.1. The number of hydrogen-bond acceptors (Lipinski definition) is 3. The van der Waals surface area contributed by atoms with Crippen LogP contribution in [0, 0.1) is 19.8 Å². The van der Waals surface area contributed by atoms with Gasteiger partial charge in [-0.1, -0.05) is 13.8 Å². The molecule has 5 heteroatoms. The van der Waals surface area contributed by atoms with E-state index in [-0.39, 0.29) is 5.91 Å². The molecule has 27 heavy (non-hydrogen) atoms. The molecule has 1 fully saturated rings. The molecule has 1 aromatic carbocycles. The van der Waals surface area contributed by atoms with Crippen molar-refractivity contribution in [2.24, 2.45) is 5.92 Å². The molecule has 1 aliphatic heterocycles. The summed E-state index contributed by atoms with van der Waals surface area (Å²) in [6.07, 6.45) is 4.23. The molecule has 0 saturated carbocycles. The van der Waals surface area contributed by atoms with Gasteiger partial charge in [0.05, 0.1) is 12.1 Å². The average Bonchev–Trinajstić information content (AvgIpc) is 2.90. The number of piperidine rings is 1. The lowest BCUT2D eigenvalue weighted by Gasteiger charge is -2.28. The molecule has 0 radical (unpaired) electrons. The Labute approximate surface area is 162 Å². The van der Waals surface area contributed by atoms with Gasteiger partial charge < -0.3 is 10.2 Å². The molecule has 0 bridgehead atoms. The fourth-order valence-electron chi connectivity index (χ4n) is 3.79. The van der Waals surface area contributed by atoms with Gasteiger partial charge in [0.15, 0.2) is 0 Å². The molecule has 0 atom stereocenters. The van der Waals surface area contributed by atoms with Crippen LogP contribution in [0.1, 0.15) is 50.1 Å². The van der Waals surface area contributed by atoms with Crippen molar-refractivity contribution in [1.29, 1.82) is 0 Å². The molecule has 1 saturated heterocycles. The highest BCUT2D eigenvalue weighted by atomic mass is 16.1. The third kappa shape index (κ3) is 4.90. The summed E-state index contributed by atoms with van der Waals surface area (Å²) < 4.78 is 2.02. The topological polar surface area (TPSA) is 50.2 Å². The smallest absolute Gasteiger partial charge is 0.228 e. The highest BCUT2D eigenvalue weighted by Crippen LogP contribution is 2.22. The number of rotatable bonds is 6. The van der Waals surface area contributed by atoms with Crippen LogP contribution in [-0.2, 0) is 17.8 Å². The third-order valence-corrected chi connectivity index (χ3v) is 5.28. The van der Waals surface area contributed by atoms with Gasteiger partial charge in [0, 0.05) is 42.3 Å². The Bertz CT molecular complexity index is 770. The molecule has 5 nitrogen and oxygen atoms in total. The van der Waals surface area contributed by atoms with Gasteiger partial charge in [0.25, 0.3) is 0 Å². The van der Waals surface area contributed by atoms with Crippen LogP contribution < -0.4 is 10.2 Å². The molecule has 0 spiro atoms. The SMILES string of the molecule is Cc1nn(CC(C)C)c(C)c1CC(=O)Nc1ccc(N2CCCCC2)cc1. The summed E-state index contributed by atoms with van der Waals surface area (Å²) in [6, 6.07) is 8.23. The molecular weight excluding hydrogens is 336 g/mol. The molecule has 3 rings (SSSR count). The number of nitrogens with zero attached hydrogens (tertiary/aromatic N) is 3. The van der Waals surface area contributed by atoms with Crippen molar-refractivity contribution in [3.8, 4) is 0 Å². The molecule has 0 aliphatic carbocycles. The maximum Gasteiger partial charge on any atom is 0.228 e. The number of hydrogen-bond donors (Lipinski definition) is 1. The highest BCUT2D eigenvalue weighted by Gasteiger charge is 2.16. The largest absolute Gasteiger partial charge is 0.372 e. The van der Waals surface area contributed by atoms with E-state index in [1.165, 1.54) is 24.9 Å². The van der Waals surface area contributed by atoms with Crippen LogP contribution in [0.4, 0.5) is 11.4 Å². The third-order valence-electron chi connectivity index (χ3n) is 5.28. The standard InChI is InChI=1S/C22H32N4O/c1-16(2)15-26-18(4)21(17(3)24-26)14-22(27)23-19-8-10-20(11-9-19)25-12-6-5-7-13-25/h8-11,16H,5-7,12-15H2,1-4H3,(H,23,27). The summed E-state index contributed by atoms with van der Waals surface area (Å²) >= 11 is 0. The van der Waals surface area contributed by atoms with E-state index in [0.717, 1.165) is 42.3 Å². The Balaban J connectivity index is 1.61. The van der Waals surface area contributed by atoms with Crippen molar-refractivity contribution in [2.45, 2.75) is 59.9 Å². The second-order valence-corrected chi connectivity index (χ2v) is 8.04. The average molecular weight is 369 g/mol. The van der Waals surface area contributed by atoms with E-state index in [2.05, 4.69) is 48.2 Å². The first-order valence-electron chi connectivity index (χ1n) is 10.1. The fraction of sp³-hybridized carbons (Fsp3) is 0.545. The van der Waals surface area contributed by atoms with E-state index in [9.17, 15) is 4.79 Å². The number of anilines is 2. The lowest BCUT2D eigenvalue weighted by Crippen LogP contribution is -2.29. The van der Waals surface area contributed by atoms with Crippen molar-refractivity contribution in [2.75, 3.05) is 23.3 Å². The van der Waals surface area contributed by atoms with E-state index >= 15 is 0 Å². The minimum absolute atomic E-state index is 0.0102. The number of benzene rings is 1. The number of carbonyl (C=O) groups is 1. The Kier molecular flexibility index (Phi) is 6.19. The molecule has 146 valence electrons. The minimum atomic E-state index is 0.0102.